The van der Waals surface area contributed by atoms with Crippen molar-refractivity contribution < 1.29 is 25.2 Å². The summed E-state index contributed by atoms with van der Waals surface area (Å²) in [5, 5.41) is 35.0. The van der Waals surface area contributed by atoms with Gasteiger partial charge in [0.2, 0.25) is 0 Å². The summed E-state index contributed by atoms with van der Waals surface area (Å²) in [6.45, 7) is -0.407. The highest BCUT2D eigenvalue weighted by atomic mass is 16.6. The molecule has 0 spiro atoms. The number of nitrogens with two attached hydrogens (primary N) is 1. The van der Waals surface area contributed by atoms with Crippen LogP contribution in [-0.2, 0) is 4.74 Å². The maximum absolute atomic E-state index is 10.2. The summed E-state index contributed by atoms with van der Waals surface area (Å²) in [6.07, 6.45) is -3.40. The second kappa shape index (κ2) is 6.42. The normalized spacial score (nSPS) is 30.7. The van der Waals surface area contributed by atoms with E-state index >= 15 is 0 Å². The molecule has 0 radical (unpaired) electrons. The van der Waals surface area contributed by atoms with Gasteiger partial charge < -0.3 is 30.9 Å². The first-order valence-corrected chi connectivity index (χ1v) is 5.07. The zero-order valence-electron chi connectivity index (χ0n) is 9.30. The summed E-state index contributed by atoms with van der Waals surface area (Å²) in [5.41, 5.74) is 4.75. The van der Waals surface area contributed by atoms with Crippen molar-refractivity contribution in [2.75, 3.05) is 12.3 Å². The highest BCUT2D eigenvalue weighted by Gasteiger charge is 2.41. The summed E-state index contributed by atoms with van der Waals surface area (Å²) in [5.74, 6) is 0.338. The highest BCUT2D eigenvalue weighted by Crippen LogP contribution is 2.18. The molecule has 4 atom stereocenters. The number of nitrogens with one attached hydrogen (secondary N) is 1. The fourth-order valence-electron chi connectivity index (χ4n) is 1.26. The molecule has 2 rings (SSSR count). The number of hydrogen-bond acceptors (Lipinski definition) is 8. The monoisotopic (exact) mass is 261 g/mol. The second-order valence-electron chi connectivity index (χ2n) is 3.56. The van der Waals surface area contributed by atoms with Gasteiger partial charge in [-0.2, -0.15) is 0 Å². The molecule has 0 aromatic carbocycles. The van der Waals surface area contributed by atoms with Crippen LogP contribution in [-0.4, -0.2) is 61.6 Å². The van der Waals surface area contributed by atoms with Crippen LogP contribution >= 0.6 is 0 Å². The van der Waals surface area contributed by atoms with Crippen molar-refractivity contribution >= 4 is 5.82 Å². The molecule has 102 valence electrons. The first-order valence-electron chi connectivity index (χ1n) is 5.07. The van der Waals surface area contributed by atoms with Gasteiger partial charge in [0.1, 0.15) is 24.1 Å². The molecular formula is C9H15N3O6. The zero-order chi connectivity index (χ0) is 13.7. The molecule has 1 aromatic rings. The van der Waals surface area contributed by atoms with Gasteiger partial charge in [-0.25, -0.2) is 9.78 Å². The van der Waals surface area contributed by atoms with E-state index in [0.717, 1.165) is 0 Å². The molecule has 1 aliphatic rings. The number of hydrogen-bond donors (Lipinski definition) is 6. The van der Waals surface area contributed by atoms with E-state index in [2.05, 4.69) is 14.7 Å². The number of nitrogen functional groups attached to an aromatic ring is 1. The molecule has 2 heterocycles. The molecule has 1 aliphatic heterocycles. The summed E-state index contributed by atoms with van der Waals surface area (Å²) in [4.78, 5) is 15.9. The first kappa shape index (κ1) is 14.5. The average molecular weight is 261 g/mol. The minimum absolute atomic E-state index is 0.338. The molecule has 0 unspecified atom stereocenters. The van der Waals surface area contributed by atoms with Crippen molar-refractivity contribution in [1.29, 1.82) is 0 Å². The van der Waals surface area contributed by atoms with E-state index in [1.807, 2.05) is 0 Å². The van der Waals surface area contributed by atoms with Crippen molar-refractivity contribution in [3.05, 3.63) is 22.7 Å². The van der Waals surface area contributed by atoms with Crippen LogP contribution in [0.1, 0.15) is 0 Å². The Balaban J connectivity index is 0.000000184. The number of aromatic nitrogens is 2. The van der Waals surface area contributed by atoms with Crippen LogP contribution in [0.2, 0.25) is 0 Å². The Morgan fingerprint density at radius 3 is 2.33 bits per heavy atom. The van der Waals surface area contributed by atoms with Crippen LogP contribution in [0.4, 0.5) is 5.82 Å². The Labute approximate surface area is 101 Å². The molecule has 0 saturated carbocycles. The quantitative estimate of drug-likeness (QED) is 0.307. The smallest absolute Gasteiger partial charge is 0.346 e. The van der Waals surface area contributed by atoms with Crippen molar-refractivity contribution in [2.45, 2.75) is 24.6 Å². The Morgan fingerprint density at radius 2 is 2.06 bits per heavy atom. The van der Waals surface area contributed by atoms with Crippen LogP contribution in [0.15, 0.2) is 17.1 Å². The third-order valence-corrected chi connectivity index (χ3v) is 2.21. The van der Waals surface area contributed by atoms with Gasteiger partial charge in [0.25, 0.3) is 0 Å². The van der Waals surface area contributed by atoms with Crippen molar-refractivity contribution in [2.24, 2.45) is 0 Å². The van der Waals surface area contributed by atoms with Crippen LogP contribution in [0, 0.1) is 0 Å². The topological polar surface area (TPSA) is 162 Å². The molecule has 1 aromatic heterocycles. The molecular weight excluding hydrogens is 246 g/mol. The number of H-pyrrole nitrogens is 1. The molecule has 0 aliphatic carbocycles. The summed E-state index contributed by atoms with van der Waals surface area (Å²) in [6, 6.07) is 1.52. The summed E-state index contributed by atoms with van der Waals surface area (Å²) < 4.78 is 4.54. The number of aliphatic hydroxyl groups excluding tert-OH is 4. The number of nitrogens with zero attached hydrogens (tertiary/aromatic N) is 1. The van der Waals surface area contributed by atoms with Crippen LogP contribution in [0.3, 0.4) is 0 Å². The molecule has 1 saturated heterocycles. The molecule has 1 fully saturated rings. The third kappa shape index (κ3) is 3.75. The molecule has 7 N–H and O–H groups in total. The van der Waals surface area contributed by atoms with Crippen molar-refractivity contribution in [3.8, 4) is 0 Å². The fourth-order valence-corrected chi connectivity index (χ4v) is 1.26. The highest BCUT2D eigenvalue weighted by molar-refractivity contribution is 5.22. The minimum atomic E-state index is -1.38. The largest absolute Gasteiger partial charge is 0.394 e. The molecule has 9 heteroatoms. The third-order valence-electron chi connectivity index (χ3n) is 2.21. The van der Waals surface area contributed by atoms with E-state index in [-0.39, 0.29) is 0 Å². The second-order valence-corrected chi connectivity index (χ2v) is 3.56. The lowest BCUT2D eigenvalue weighted by molar-refractivity contribution is -0.132. The lowest BCUT2D eigenvalue weighted by Crippen LogP contribution is -2.33. The summed E-state index contributed by atoms with van der Waals surface area (Å²) >= 11 is 0. The first-order chi connectivity index (χ1) is 8.45. The van der Waals surface area contributed by atoms with Gasteiger partial charge in [-0.1, -0.05) is 0 Å². The van der Waals surface area contributed by atoms with Crippen molar-refractivity contribution in [1.82, 2.24) is 9.97 Å². The van der Waals surface area contributed by atoms with Gasteiger partial charge in [0.05, 0.1) is 6.61 Å². The molecule has 18 heavy (non-hydrogen) atoms. The lowest BCUT2D eigenvalue weighted by Gasteiger charge is -2.09. The maximum atomic E-state index is 10.2. The molecule has 9 nitrogen and oxygen atoms in total. The summed E-state index contributed by atoms with van der Waals surface area (Å²) in [7, 11) is 0. The zero-order valence-corrected chi connectivity index (χ0v) is 9.30. The predicted octanol–water partition coefficient (Wildman–Crippen LogP) is -3.23. The fraction of sp³-hybridized carbons (Fsp3) is 0.556. The Kier molecular flexibility index (Phi) is 5.19. The van der Waals surface area contributed by atoms with E-state index in [1.54, 1.807) is 0 Å². The van der Waals surface area contributed by atoms with E-state index in [1.165, 1.54) is 12.3 Å². The van der Waals surface area contributed by atoms with Gasteiger partial charge in [-0.05, 0) is 6.07 Å². The van der Waals surface area contributed by atoms with Gasteiger partial charge in [0.15, 0.2) is 6.29 Å². The van der Waals surface area contributed by atoms with E-state index in [0.29, 0.717) is 5.82 Å². The van der Waals surface area contributed by atoms with Crippen LogP contribution in [0.25, 0.3) is 0 Å². The Morgan fingerprint density at radius 1 is 1.39 bits per heavy atom. The standard InChI is InChI=1S/C5H10O5.C4H5N3O/c6-1-2-3(7)4(8)5(9)10-2;5-3-1-2-6-4(8)7-3/h2-9H,1H2;1-2H,(H3,5,6,7,8)/t2-,3-,4+,5+;/m1./s1. The number of ether oxygens (including phenoxy) is 1. The molecule has 0 amide bonds. The molecule has 0 bridgehead atoms. The van der Waals surface area contributed by atoms with Gasteiger partial charge in [0, 0.05) is 6.20 Å². The maximum Gasteiger partial charge on any atom is 0.346 e. The van der Waals surface area contributed by atoms with Crippen LogP contribution in [0.5, 0.6) is 0 Å². The number of rotatable bonds is 1. The van der Waals surface area contributed by atoms with Gasteiger partial charge in [-0.15, -0.1) is 0 Å². The Bertz CT molecular complexity index is 425. The SMILES string of the molecule is Nc1ccnc(=O)[nH]1.OC[C@H]1O[C@H](O)[C@@H](O)[C@@H]1O. The average Bonchev–Trinajstić information content (AvgIpc) is 2.57. The Hall–Kier alpha value is -1.52. The predicted molar refractivity (Wildman–Crippen MR) is 59.2 cm³/mol. The van der Waals surface area contributed by atoms with E-state index in [9.17, 15) is 4.79 Å². The van der Waals surface area contributed by atoms with Gasteiger partial charge >= 0.3 is 5.69 Å². The van der Waals surface area contributed by atoms with E-state index < -0.39 is 36.9 Å². The number of aliphatic hydroxyl groups is 4. The van der Waals surface area contributed by atoms with Crippen LogP contribution < -0.4 is 11.4 Å². The minimum Gasteiger partial charge on any atom is -0.394 e. The van der Waals surface area contributed by atoms with E-state index in [4.69, 9.17) is 26.2 Å². The number of aromatic amines is 1. The van der Waals surface area contributed by atoms with Crippen molar-refractivity contribution in [3.63, 3.8) is 0 Å². The number of anilines is 1. The lowest BCUT2D eigenvalue weighted by atomic mass is 10.1. The van der Waals surface area contributed by atoms with Gasteiger partial charge in [-0.3, -0.25) is 4.98 Å².